The highest BCUT2D eigenvalue weighted by Gasteiger charge is 2.48. The highest BCUT2D eigenvalue weighted by atomic mass is 16.4. The molecule has 0 aromatic rings. The predicted octanol–water partition coefficient (Wildman–Crippen LogP) is 0.266. The van der Waals surface area contributed by atoms with Gasteiger partial charge in [0.2, 0.25) is 0 Å². The Labute approximate surface area is 96.3 Å². The lowest BCUT2D eigenvalue weighted by atomic mass is 9.84. The molecule has 2 atom stereocenters. The third-order valence-electron chi connectivity index (χ3n) is 3.08. The Morgan fingerprint density at radius 2 is 1.75 bits per heavy atom. The first-order chi connectivity index (χ1) is 7.05. The van der Waals surface area contributed by atoms with Gasteiger partial charge >= 0.3 is 5.97 Å². The largest absolute Gasteiger partial charge is 0.481 e. The molecule has 0 radical (unpaired) electrons. The van der Waals surface area contributed by atoms with Crippen LogP contribution in [0.25, 0.3) is 0 Å². The summed E-state index contributed by atoms with van der Waals surface area (Å²) in [6, 6.07) is -0.476. The summed E-state index contributed by atoms with van der Waals surface area (Å²) in [6.07, 6.45) is -0.412. The third kappa shape index (κ3) is 3.28. The van der Waals surface area contributed by atoms with Crippen LogP contribution < -0.4 is 0 Å². The van der Waals surface area contributed by atoms with Gasteiger partial charge in [-0.1, -0.05) is 6.92 Å². The molecule has 0 aliphatic heterocycles. The van der Waals surface area contributed by atoms with Crippen LogP contribution in [0.2, 0.25) is 0 Å². The van der Waals surface area contributed by atoms with Gasteiger partial charge in [0.1, 0.15) is 6.04 Å². The van der Waals surface area contributed by atoms with E-state index in [0.29, 0.717) is 4.48 Å². The molecule has 0 bridgehead atoms. The van der Waals surface area contributed by atoms with Crippen LogP contribution in [0.3, 0.4) is 0 Å². The summed E-state index contributed by atoms with van der Waals surface area (Å²) in [5.74, 6) is -1.58. The molecule has 94 valence electrons. The number of carbonyl (C=O) groups is 2. The van der Waals surface area contributed by atoms with Crippen molar-refractivity contribution in [1.29, 1.82) is 0 Å². The number of carboxylic acid groups (broad SMARTS) is 1. The van der Waals surface area contributed by atoms with Crippen molar-refractivity contribution in [3.63, 3.8) is 0 Å². The molecule has 5 heteroatoms. The highest BCUT2D eigenvalue weighted by Crippen LogP contribution is 2.25. The van der Waals surface area contributed by atoms with Crippen LogP contribution in [0.15, 0.2) is 0 Å². The molecule has 16 heavy (non-hydrogen) atoms. The smallest absolute Gasteiger partial charge is 0.307 e. The van der Waals surface area contributed by atoms with Crippen molar-refractivity contribution in [2.75, 3.05) is 21.1 Å². The van der Waals surface area contributed by atoms with Crippen molar-refractivity contribution in [3.8, 4) is 0 Å². The van der Waals surface area contributed by atoms with Gasteiger partial charge in [-0.25, -0.2) is 0 Å². The van der Waals surface area contributed by atoms with Crippen molar-refractivity contribution < 1.29 is 24.3 Å². The summed E-state index contributed by atoms with van der Waals surface area (Å²) < 4.78 is 0.329. The zero-order valence-corrected chi connectivity index (χ0v) is 10.6. The molecule has 0 saturated heterocycles. The van der Waals surface area contributed by atoms with Gasteiger partial charge in [-0.15, -0.1) is 0 Å². The Balaban J connectivity index is 5.23. The number of hydrogen-bond acceptors (Lipinski definition) is 3. The summed E-state index contributed by atoms with van der Waals surface area (Å²) in [5.41, 5.74) is -1.79. The van der Waals surface area contributed by atoms with Crippen LogP contribution >= 0.6 is 0 Å². The van der Waals surface area contributed by atoms with Gasteiger partial charge in [-0.2, -0.15) is 0 Å². The van der Waals surface area contributed by atoms with Crippen molar-refractivity contribution in [2.24, 2.45) is 0 Å². The molecule has 5 nitrogen and oxygen atoms in total. The summed E-state index contributed by atoms with van der Waals surface area (Å²) in [6.45, 7) is 3.31. The number of aliphatic hydroxyl groups is 1. The number of carboxylic acids is 1. The zero-order valence-electron chi connectivity index (χ0n) is 10.6. The normalized spacial score (nSPS) is 17.6. The first-order valence-corrected chi connectivity index (χ1v) is 5.34. The predicted molar refractivity (Wildman–Crippen MR) is 60.0 cm³/mol. The highest BCUT2D eigenvalue weighted by molar-refractivity contribution is 5.91. The molecule has 1 unspecified atom stereocenters. The van der Waals surface area contributed by atoms with Crippen molar-refractivity contribution in [2.45, 2.75) is 38.3 Å². The van der Waals surface area contributed by atoms with Crippen molar-refractivity contribution in [3.05, 3.63) is 0 Å². The van der Waals surface area contributed by atoms with Gasteiger partial charge in [0.15, 0.2) is 11.4 Å². The van der Waals surface area contributed by atoms with Gasteiger partial charge < -0.3 is 14.7 Å². The van der Waals surface area contributed by atoms with E-state index in [1.165, 1.54) is 0 Å². The van der Waals surface area contributed by atoms with Gasteiger partial charge in [-0.3, -0.25) is 9.59 Å². The molecule has 0 aliphatic carbocycles. The molecular formula is C11H22NO4+. The Morgan fingerprint density at radius 1 is 1.31 bits per heavy atom. The second kappa shape index (κ2) is 4.93. The van der Waals surface area contributed by atoms with E-state index in [4.69, 9.17) is 5.11 Å². The lowest BCUT2D eigenvalue weighted by molar-refractivity contribution is -0.900. The number of nitrogens with zero attached hydrogens (tertiary/aromatic N) is 1. The minimum Gasteiger partial charge on any atom is -0.481 e. The topological polar surface area (TPSA) is 74.6 Å². The number of hydrogen-bond donors (Lipinski definition) is 2. The first-order valence-electron chi connectivity index (χ1n) is 5.34. The van der Waals surface area contributed by atoms with Gasteiger partial charge in [0.25, 0.3) is 0 Å². The molecule has 0 rings (SSSR count). The number of ketones is 1. The maximum absolute atomic E-state index is 11.7. The quantitative estimate of drug-likeness (QED) is 0.644. The zero-order chi connectivity index (χ0) is 13.1. The lowest BCUT2D eigenvalue weighted by Crippen LogP contribution is -2.61. The Hall–Kier alpha value is -0.940. The van der Waals surface area contributed by atoms with Gasteiger partial charge in [0, 0.05) is 6.42 Å². The molecule has 0 aromatic carbocycles. The second-order valence-electron chi connectivity index (χ2n) is 5.06. The van der Waals surface area contributed by atoms with Crippen LogP contribution in [-0.4, -0.2) is 59.2 Å². The number of carbonyl (C=O) groups excluding carboxylic acids is 1. The number of quaternary nitrogens is 1. The summed E-state index contributed by atoms with van der Waals surface area (Å²) in [4.78, 5) is 22.5. The number of aliphatic carboxylic acids is 1. The van der Waals surface area contributed by atoms with E-state index in [9.17, 15) is 14.7 Å². The van der Waals surface area contributed by atoms with Crippen LogP contribution in [0.4, 0.5) is 0 Å². The van der Waals surface area contributed by atoms with Crippen LogP contribution in [0.5, 0.6) is 0 Å². The molecule has 2 N–H and O–H groups in total. The Bertz CT molecular complexity index is 282. The maximum Gasteiger partial charge on any atom is 0.307 e. The standard InChI is InChI=1S/C11H21NO4/c1-6-9(13)11(16,7-10(14)15)8(2)12(3,4)5/h8,16H,6-7H2,1-5H3/p+1/t8?,11-/m0/s1. The lowest BCUT2D eigenvalue weighted by Gasteiger charge is -2.40. The maximum atomic E-state index is 11.7. The van der Waals surface area contributed by atoms with Crippen LogP contribution in [0.1, 0.15) is 26.7 Å². The first kappa shape index (κ1) is 15.1. The SMILES string of the molecule is CCC(=O)[C@](O)(CC(=O)O)C(C)[N+](C)(C)C. The summed E-state index contributed by atoms with van der Waals surface area (Å²) in [5, 5.41) is 19.1. The fraction of sp³-hybridized carbons (Fsp3) is 0.818. The molecule has 0 aromatic heterocycles. The van der Waals surface area contributed by atoms with Gasteiger partial charge in [-0.05, 0) is 6.92 Å². The second-order valence-corrected chi connectivity index (χ2v) is 5.06. The number of likely N-dealkylation sites (N-methyl/N-ethyl adjacent to an activating group) is 1. The summed E-state index contributed by atoms with van der Waals surface area (Å²) in [7, 11) is 5.46. The minimum absolute atomic E-state index is 0.133. The fourth-order valence-corrected chi connectivity index (χ4v) is 1.66. The van der Waals surface area contributed by atoms with E-state index in [2.05, 4.69) is 0 Å². The van der Waals surface area contributed by atoms with E-state index in [1.54, 1.807) is 13.8 Å². The average Bonchev–Trinajstić information content (AvgIpc) is 2.12. The van der Waals surface area contributed by atoms with Crippen LogP contribution in [-0.2, 0) is 9.59 Å². The Morgan fingerprint density at radius 3 is 2.00 bits per heavy atom. The van der Waals surface area contributed by atoms with E-state index >= 15 is 0 Å². The van der Waals surface area contributed by atoms with Crippen LogP contribution in [0, 0.1) is 0 Å². The van der Waals surface area contributed by atoms with Crippen molar-refractivity contribution in [1.82, 2.24) is 0 Å². The molecule has 0 saturated carbocycles. The Kier molecular flexibility index (Phi) is 4.64. The monoisotopic (exact) mass is 232 g/mol. The summed E-state index contributed by atoms with van der Waals surface area (Å²) >= 11 is 0. The minimum atomic E-state index is -1.79. The average molecular weight is 232 g/mol. The van der Waals surface area contributed by atoms with E-state index in [-0.39, 0.29) is 6.42 Å². The molecule has 0 amide bonds. The third-order valence-corrected chi connectivity index (χ3v) is 3.08. The van der Waals surface area contributed by atoms with Gasteiger partial charge in [0.05, 0.1) is 27.6 Å². The van der Waals surface area contributed by atoms with E-state index in [1.807, 2.05) is 21.1 Å². The number of Topliss-reactive ketones (excluding diaryl/α,β-unsaturated/α-hetero) is 1. The molecule has 0 aliphatic rings. The number of rotatable bonds is 6. The molecular weight excluding hydrogens is 210 g/mol. The molecule has 0 spiro atoms. The van der Waals surface area contributed by atoms with Crippen molar-refractivity contribution >= 4 is 11.8 Å². The van der Waals surface area contributed by atoms with E-state index in [0.717, 1.165) is 0 Å². The molecule has 0 fully saturated rings. The molecule has 0 heterocycles. The fourth-order valence-electron chi connectivity index (χ4n) is 1.66. The van der Waals surface area contributed by atoms with E-state index < -0.39 is 29.8 Å².